The molecule has 4 heteroatoms. The molecule has 1 saturated heterocycles. The predicted octanol–water partition coefficient (Wildman–Crippen LogP) is 3.05. The van der Waals surface area contributed by atoms with Gasteiger partial charge in [0.05, 0.1) is 10.7 Å². The Morgan fingerprint density at radius 1 is 1.35 bits per heavy atom. The van der Waals surface area contributed by atoms with Crippen molar-refractivity contribution < 1.29 is 5.11 Å². The molecule has 3 nitrogen and oxygen atoms in total. The van der Waals surface area contributed by atoms with Crippen molar-refractivity contribution >= 4 is 17.3 Å². The fourth-order valence-electron chi connectivity index (χ4n) is 2.80. The molecule has 0 unspecified atom stereocenters. The van der Waals surface area contributed by atoms with E-state index in [0.717, 1.165) is 50.5 Å². The number of nitrogens with one attached hydrogen (secondary N) is 1. The number of anilines is 1. The first-order chi connectivity index (χ1) is 9.76. The summed E-state index contributed by atoms with van der Waals surface area (Å²) in [6.45, 7) is 6.33. The Labute approximate surface area is 126 Å². The van der Waals surface area contributed by atoms with Gasteiger partial charge >= 0.3 is 0 Å². The van der Waals surface area contributed by atoms with Crippen molar-refractivity contribution in [1.82, 2.24) is 5.32 Å². The molecule has 0 atom stereocenters. The van der Waals surface area contributed by atoms with Crippen LogP contribution in [-0.4, -0.2) is 31.3 Å². The molecule has 2 N–H and O–H groups in total. The van der Waals surface area contributed by atoms with Crippen LogP contribution in [-0.2, 0) is 6.54 Å². The van der Waals surface area contributed by atoms with Crippen molar-refractivity contribution in [2.24, 2.45) is 5.92 Å². The molecule has 1 aromatic carbocycles. The smallest absolute Gasteiger partial charge is 0.0642 e. The lowest BCUT2D eigenvalue weighted by atomic mass is 9.97. The number of benzene rings is 1. The minimum absolute atomic E-state index is 0.307. The van der Waals surface area contributed by atoms with Crippen LogP contribution in [0.15, 0.2) is 18.2 Å². The number of para-hydroxylation sites is 1. The van der Waals surface area contributed by atoms with E-state index in [-0.39, 0.29) is 0 Å². The van der Waals surface area contributed by atoms with Gasteiger partial charge in [-0.1, -0.05) is 30.7 Å². The fourth-order valence-corrected chi connectivity index (χ4v) is 3.11. The van der Waals surface area contributed by atoms with Crippen LogP contribution in [0, 0.1) is 5.92 Å². The SMILES string of the molecule is CCCNCc1cccc(Cl)c1N1CCC(CO)CC1. The molecule has 1 aliphatic heterocycles. The third kappa shape index (κ3) is 3.87. The number of aliphatic hydroxyl groups is 1. The van der Waals surface area contributed by atoms with Gasteiger partial charge in [0, 0.05) is 26.2 Å². The lowest BCUT2D eigenvalue weighted by Crippen LogP contribution is -2.35. The summed E-state index contributed by atoms with van der Waals surface area (Å²) in [6.07, 6.45) is 3.23. The molecule has 1 heterocycles. The zero-order valence-electron chi connectivity index (χ0n) is 12.2. The third-order valence-electron chi connectivity index (χ3n) is 4.00. The number of rotatable bonds is 6. The molecule has 0 amide bonds. The third-order valence-corrected chi connectivity index (χ3v) is 4.31. The van der Waals surface area contributed by atoms with Gasteiger partial charge < -0.3 is 15.3 Å². The number of aliphatic hydroxyl groups excluding tert-OH is 1. The number of piperidine rings is 1. The van der Waals surface area contributed by atoms with E-state index in [2.05, 4.69) is 23.2 Å². The molecule has 1 aromatic rings. The van der Waals surface area contributed by atoms with Crippen molar-refractivity contribution in [2.45, 2.75) is 32.7 Å². The molecule has 112 valence electrons. The largest absolute Gasteiger partial charge is 0.396 e. The lowest BCUT2D eigenvalue weighted by Gasteiger charge is -2.34. The minimum atomic E-state index is 0.307. The summed E-state index contributed by atoms with van der Waals surface area (Å²) in [5, 5.41) is 13.5. The van der Waals surface area contributed by atoms with Gasteiger partial charge in [-0.05, 0) is 43.4 Å². The first-order valence-electron chi connectivity index (χ1n) is 7.60. The van der Waals surface area contributed by atoms with Crippen LogP contribution in [0.1, 0.15) is 31.7 Å². The normalized spacial score (nSPS) is 16.6. The second-order valence-electron chi connectivity index (χ2n) is 5.54. The van der Waals surface area contributed by atoms with E-state index in [4.69, 9.17) is 11.6 Å². The van der Waals surface area contributed by atoms with Crippen LogP contribution >= 0.6 is 11.6 Å². The first-order valence-corrected chi connectivity index (χ1v) is 7.98. The summed E-state index contributed by atoms with van der Waals surface area (Å²) in [5.74, 6) is 0.454. The maximum Gasteiger partial charge on any atom is 0.0642 e. The highest BCUT2D eigenvalue weighted by atomic mass is 35.5. The Hall–Kier alpha value is -0.770. The zero-order valence-corrected chi connectivity index (χ0v) is 13.0. The Balaban J connectivity index is 2.09. The predicted molar refractivity (Wildman–Crippen MR) is 85.5 cm³/mol. The molecular formula is C16H25ClN2O. The van der Waals surface area contributed by atoms with Crippen molar-refractivity contribution in [1.29, 1.82) is 0 Å². The Morgan fingerprint density at radius 3 is 2.75 bits per heavy atom. The molecular weight excluding hydrogens is 272 g/mol. The van der Waals surface area contributed by atoms with E-state index < -0.39 is 0 Å². The molecule has 0 aliphatic carbocycles. The monoisotopic (exact) mass is 296 g/mol. The van der Waals surface area contributed by atoms with E-state index >= 15 is 0 Å². The van der Waals surface area contributed by atoms with E-state index in [1.54, 1.807) is 0 Å². The maximum atomic E-state index is 9.25. The Morgan fingerprint density at radius 2 is 2.10 bits per heavy atom. The molecule has 0 spiro atoms. The van der Waals surface area contributed by atoms with Gasteiger partial charge in [0.1, 0.15) is 0 Å². The molecule has 1 aliphatic rings. The van der Waals surface area contributed by atoms with Crippen molar-refractivity contribution in [2.75, 3.05) is 31.1 Å². The van der Waals surface area contributed by atoms with Crippen LogP contribution in [0.25, 0.3) is 0 Å². The van der Waals surface area contributed by atoms with Crippen LogP contribution in [0.2, 0.25) is 5.02 Å². The Kier molecular flexibility index (Phi) is 6.14. The van der Waals surface area contributed by atoms with Crippen LogP contribution < -0.4 is 10.2 Å². The van der Waals surface area contributed by atoms with Gasteiger partial charge in [-0.25, -0.2) is 0 Å². The summed E-state index contributed by atoms with van der Waals surface area (Å²) in [5.41, 5.74) is 2.45. The van der Waals surface area contributed by atoms with Gasteiger partial charge in [-0.3, -0.25) is 0 Å². The van der Waals surface area contributed by atoms with E-state index in [0.29, 0.717) is 12.5 Å². The lowest BCUT2D eigenvalue weighted by molar-refractivity contribution is 0.203. The zero-order chi connectivity index (χ0) is 14.4. The van der Waals surface area contributed by atoms with Crippen LogP contribution in [0.4, 0.5) is 5.69 Å². The summed E-state index contributed by atoms with van der Waals surface area (Å²) < 4.78 is 0. The first kappa shape index (κ1) is 15.6. The van der Waals surface area contributed by atoms with E-state index in [1.807, 2.05) is 12.1 Å². The van der Waals surface area contributed by atoms with Gasteiger partial charge in [-0.15, -0.1) is 0 Å². The maximum absolute atomic E-state index is 9.25. The molecule has 2 rings (SSSR count). The van der Waals surface area contributed by atoms with Gasteiger partial charge in [0.15, 0.2) is 0 Å². The van der Waals surface area contributed by atoms with Gasteiger partial charge in [-0.2, -0.15) is 0 Å². The standard InChI is InChI=1S/C16H25ClN2O/c1-2-8-18-11-14-4-3-5-15(17)16(14)19-9-6-13(12-20)7-10-19/h3-5,13,18,20H,2,6-12H2,1H3. The summed E-state index contributed by atoms with van der Waals surface area (Å²) >= 11 is 6.43. The molecule has 0 aromatic heterocycles. The highest BCUT2D eigenvalue weighted by Gasteiger charge is 2.22. The molecule has 20 heavy (non-hydrogen) atoms. The van der Waals surface area contributed by atoms with Gasteiger partial charge in [0.2, 0.25) is 0 Å². The topological polar surface area (TPSA) is 35.5 Å². The molecule has 0 bridgehead atoms. The fraction of sp³-hybridized carbons (Fsp3) is 0.625. The number of halogens is 1. The average Bonchev–Trinajstić information content (AvgIpc) is 2.48. The van der Waals surface area contributed by atoms with Crippen molar-refractivity contribution in [3.8, 4) is 0 Å². The quantitative estimate of drug-likeness (QED) is 0.792. The highest BCUT2D eigenvalue weighted by Crippen LogP contribution is 2.33. The van der Waals surface area contributed by atoms with E-state index in [9.17, 15) is 5.11 Å². The highest BCUT2D eigenvalue weighted by molar-refractivity contribution is 6.33. The van der Waals surface area contributed by atoms with Crippen molar-refractivity contribution in [3.63, 3.8) is 0 Å². The van der Waals surface area contributed by atoms with Crippen LogP contribution in [0.3, 0.4) is 0 Å². The summed E-state index contributed by atoms with van der Waals surface area (Å²) in [4.78, 5) is 2.37. The van der Waals surface area contributed by atoms with E-state index in [1.165, 1.54) is 11.3 Å². The summed E-state index contributed by atoms with van der Waals surface area (Å²) in [7, 11) is 0. The van der Waals surface area contributed by atoms with Gasteiger partial charge in [0.25, 0.3) is 0 Å². The van der Waals surface area contributed by atoms with Crippen molar-refractivity contribution in [3.05, 3.63) is 28.8 Å². The molecule has 0 radical (unpaired) electrons. The Bertz CT molecular complexity index is 417. The molecule has 1 fully saturated rings. The average molecular weight is 297 g/mol. The van der Waals surface area contributed by atoms with Crippen LogP contribution in [0.5, 0.6) is 0 Å². The summed E-state index contributed by atoms with van der Waals surface area (Å²) in [6, 6.07) is 6.15. The number of hydrogen-bond acceptors (Lipinski definition) is 3. The number of hydrogen-bond donors (Lipinski definition) is 2. The minimum Gasteiger partial charge on any atom is -0.396 e. The second-order valence-corrected chi connectivity index (χ2v) is 5.94. The number of nitrogens with zero attached hydrogens (tertiary/aromatic N) is 1. The molecule has 0 saturated carbocycles. The second kappa shape index (κ2) is 7.87.